The van der Waals surface area contributed by atoms with Crippen molar-refractivity contribution in [3.8, 4) is 0 Å². The Morgan fingerprint density at radius 3 is 1.67 bits per heavy atom. The first-order valence-electron chi connectivity index (χ1n) is 3.11. The molecule has 0 amide bonds. The molecule has 1 aliphatic carbocycles. The van der Waals surface area contributed by atoms with E-state index in [1.54, 1.807) is 0 Å². The molecule has 9 heavy (non-hydrogen) atoms. The van der Waals surface area contributed by atoms with Crippen LogP contribution in [0.5, 0.6) is 0 Å². The molecule has 4 heteroatoms. The normalized spacial score (nSPS) is 44.2. The lowest BCUT2D eigenvalue weighted by Gasteiger charge is -2.18. The zero-order valence-corrected chi connectivity index (χ0v) is 6.96. The molecule has 6 radical (unpaired) electrons. The standard InChI is InChI=1S/C5H6N2Si2/c8-5(9)3-1-2-4(5)7-6-3/h3-4H,1-2H2. The van der Waals surface area contributed by atoms with Crippen LogP contribution in [-0.2, 0) is 0 Å². The van der Waals surface area contributed by atoms with Crippen LogP contribution in [0.3, 0.4) is 0 Å². The Morgan fingerprint density at radius 2 is 1.56 bits per heavy atom. The lowest BCUT2D eigenvalue weighted by molar-refractivity contribution is 0.643. The largest absolute Gasteiger partial charge is 0.191 e. The van der Waals surface area contributed by atoms with E-state index in [-0.39, 0.29) is 4.66 Å². The van der Waals surface area contributed by atoms with Gasteiger partial charge in [0.2, 0.25) is 0 Å². The first kappa shape index (κ1) is 5.79. The quantitative estimate of drug-likeness (QED) is 0.448. The van der Waals surface area contributed by atoms with Crippen LogP contribution in [0, 0.1) is 0 Å². The predicted molar refractivity (Wildman–Crippen MR) is 35.9 cm³/mol. The van der Waals surface area contributed by atoms with Crippen molar-refractivity contribution in [3.63, 3.8) is 0 Å². The van der Waals surface area contributed by atoms with E-state index in [0.29, 0.717) is 12.1 Å². The van der Waals surface area contributed by atoms with Crippen LogP contribution in [0.4, 0.5) is 0 Å². The molecular formula is C5H6N2Si2. The number of fused-ring (bicyclic) bond motifs is 2. The molecule has 0 N–H and O–H groups in total. The maximum Gasteiger partial charge on any atom is 0.0725 e. The summed E-state index contributed by atoms with van der Waals surface area (Å²) in [6.07, 6.45) is 2.34. The molecule has 2 aliphatic rings. The highest BCUT2D eigenvalue weighted by atomic mass is 28.2. The second-order valence-corrected chi connectivity index (χ2v) is 4.86. The molecule has 44 valence electrons. The molecule has 0 aromatic carbocycles. The summed E-state index contributed by atoms with van der Waals surface area (Å²) in [5.41, 5.74) is 0. The van der Waals surface area contributed by atoms with E-state index >= 15 is 0 Å². The summed E-state index contributed by atoms with van der Waals surface area (Å²) in [6.45, 7) is 0. The first-order valence-corrected chi connectivity index (χ1v) is 4.11. The minimum atomic E-state index is 0.000000000000000222. The van der Waals surface area contributed by atoms with E-state index in [2.05, 4.69) is 30.7 Å². The second-order valence-electron chi connectivity index (χ2n) is 2.71. The SMILES string of the molecule is [Si]C1([Si])C2CCC1N=N2. The van der Waals surface area contributed by atoms with Gasteiger partial charge in [0, 0.05) is 20.5 Å². The summed E-state index contributed by atoms with van der Waals surface area (Å²) in [5, 5.41) is 8.17. The smallest absolute Gasteiger partial charge is 0.0725 e. The van der Waals surface area contributed by atoms with Crippen molar-refractivity contribution in [2.75, 3.05) is 0 Å². The van der Waals surface area contributed by atoms with Gasteiger partial charge in [-0.15, -0.1) is 0 Å². The molecule has 0 saturated heterocycles. The third-order valence-corrected chi connectivity index (χ3v) is 3.44. The fourth-order valence-corrected chi connectivity index (χ4v) is 2.26. The van der Waals surface area contributed by atoms with E-state index in [1.807, 2.05) is 0 Å². The summed E-state index contributed by atoms with van der Waals surface area (Å²) in [5.74, 6) is 0. The summed E-state index contributed by atoms with van der Waals surface area (Å²) in [7, 11) is 7.23. The van der Waals surface area contributed by atoms with Crippen molar-refractivity contribution >= 4 is 20.5 Å². The predicted octanol–water partition coefficient (Wildman–Crippen LogP) is 0.436. The average molecular weight is 150 g/mol. The van der Waals surface area contributed by atoms with Crippen molar-refractivity contribution in [1.29, 1.82) is 0 Å². The van der Waals surface area contributed by atoms with Gasteiger partial charge in [-0.25, -0.2) is 0 Å². The highest BCUT2D eigenvalue weighted by Crippen LogP contribution is 2.47. The van der Waals surface area contributed by atoms with E-state index in [0.717, 1.165) is 0 Å². The highest BCUT2D eigenvalue weighted by Gasteiger charge is 2.47. The zero-order chi connectivity index (χ0) is 6.48. The topological polar surface area (TPSA) is 24.7 Å². The number of rotatable bonds is 0. The molecule has 0 spiro atoms. The van der Waals surface area contributed by atoms with Gasteiger partial charge in [-0.2, -0.15) is 10.2 Å². The Labute approximate surface area is 61.0 Å². The molecule has 1 heterocycles. The second kappa shape index (κ2) is 1.55. The number of hydrogen-bond donors (Lipinski definition) is 0. The fourth-order valence-electron chi connectivity index (χ4n) is 1.45. The van der Waals surface area contributed by atoms with E-state index in [9.17, 15) is 0 Å². The van der Waals surface area contributed by atoms with Crippen molar-refractivity contribution in [3.05, 3.63) is 0 Å². The van der Waals surface area contributed by atoms with Gasteiger partial charge in [-0.1, -0.05) is 0 Å². The van der Waals surface area contributed by atoms with E-state index < -0.39 is 0 Å². The minimum Gasteiger partial charge on any atom is -0.191 e. The van der Waals surface area contributed by atoms with Gasteiger partial charge >= 0.3 is 0 Å². The van der Waals surface area contributed by atoms with Crippen molar-refractivity contribution in [2.45, 2.75) is 29.6 Å². The minimum absolute atomic E-state index is 0.000000000000000222. The van der Waals surface area contributed by atoms with Crippen LogP contribution in [0.15, 0.2) is 10.2 Å². The van der Waals surface area contributed by atoms with Crippen molar-refractivity contribution in [1.82, 2.24) is 0 Å². The van der Waals surface area contributed by atoms with Gasteiger partial charge in [0.25, 0.3) is 0 Å². The molecule has 0 aromatic heterocycles. The summed E-state index contributed by atoms with van der Waals surface area (Å²) < 4.78 is 0.000000000000000222. The Morgan fingerprint density at radius 1 is 1.11 bits per heavy atom. The van der Waals surface area contributed by atoms with Crippen LogP contribution in [0.1, 0.15) is 12.8 Å². The first-order chi connectivity index (χ1) is 4.21. The summed E-state index contributed by atoms with van der Waals surface area (Å²) in [6, 6.07) is 0.742. The third kappa shape index (κ3) is 0.602. The lowest BCUT2D eigenvalue weighted by Crippen LogP contribution is -2.25. The molecule has 2 nitrogen and oxygen atoms in total. The molecular weight excluding hydrogens is 144 g/mol. The number of hydrogen-bond acceptors (Lipinski definition) is 2. The third-order valence-electron chi connectivity index (χ3n) is 2.11. The highest BCUT2D eigenvalue weighted by molar-refractivity contribution is 6.41. The van der Waals surface area contributed by atoms with Gasteiger partial charge < -0.3 is 0 Å². The Hall–Kier alpha value is 0.0338. The Bertz CT molecular complexity index is 150. The summed E-state index contributed by atoms with van der Waals surface area (Å²) in [4.78, 5) is 0. The van der Waals surface area contributed by atoms with Crippen LogP contribution in [-0.4, -0.2) is 32.6 Å². The van der Waals surface area contributed by atoms with Gasteiger partial charge in [-0.3, -0.25) is 0 Å². The number of azo groups is 1. The lowest BCUT2D eigenvalue weighted by atomic mass is 10.2. The molecule has 2 bridgehead atoms. The zero-order valence-electron chi connectivity index (χ0n) is 4.96. The van der Waals surface area contributed by atoms with Gasteiger partial charge in [0.05, 0.1) is 12.1 Å². The molecule has 1 saturated carbocycles. The monoisotopic (exact) mass is 150 g/mol. The molecule has 2 unspecified atom stereocenters. The van der Waals surface area contributed by atoms with Crippen LogP contribution >= 0.6 is 0 Å². The maximum absolute atomic E-state index is 4.08. The molecule has 2 atom stereocenters. The van der Waals surface area contributed by atoms with E-state index in [1.165, 1.54) is 12.8 Å². The molecule has 0 aromatic rings. The average Bonchev–Trinajstić information content (AvgIpc) is 2.24. The maximum atomic E-state index is 4.08. The molecule has 1 fully saturated rings. The number of nitrogens with zero attached hydrogens (tertiary/aromatic N) is 2. The van der Waals surface area contributed by atoms with Gasteiger partial charge in [0.1, 0.15) is 0 Å². The van der Waals surface area contributed by atoms with Crippen LogP contribution in [0.25, 0.3) is 0 Å². The molecule has 1 aliphatic heterocycles. The van der Waals surface area contributed by atoms with Gasteiger partial charge in [-0.05, 0) is 17.5 Å². The fraction of sp³-hybridized carbons (Fsp3) is 1.00. The molecule has 2 rings (SSSR count). The van der Waals surface area contributed by atoms with Crippen LogP contribution in [0.2, 0.25) is 4.66 Å². The van der Waals surface area contributed by atoms with Gasteiger partial charge in [0.15, 0.2) is 0 Å². The van der Waals surface area contributed by atoms with Crippen LogP contribution < -0.4 is 0 Å². The Kier molecular flexibility index (Phi) is 0.995. The summed E-state index contributed by atoms with van der Waals surface area (Å²) >= 11 is 0. The Balaban J connectivity index is 2.35. The van der Waals surface area contributed by atoms with E-state index in [4.69, 9.17) is 0 Å². The van der Waals surface area contributed by atoms with Crippen molar-refractivity contribution in [2.24, 2.45) is 10.2 Å². The van der Waals surface area contributed by atoms with Crippen molar-refractivity contribution < 1.29 is 0 Å².